The van der Waals surface area contributed by atoms with Crippen molar-refractivity contribution in [1.29, 1.82) is 0 Å². The van der Waals surface area contributed by atoms with E-state index in [0.717, 1.165) is 50.4 Å². The highest BCUT2D eigenvalue weighted by Crippen LogP contribution is 2.39. The molecule has 2 aromatic carbocycles. The Hall–Kier alpha value is -2.07. The molecule has 0 spiro atoms. The molecule has 1 aliphatic carbocycles. The predicted molar refractivity (Wildman–Crippen MR) is 126 cm³/mol. The van der Waals surface area contributed by atoms with Crippen LogP contribution in [0.15, 0.2) is 36.4 Å². The van der Waals surface area contributed by atoms with Crippen LogP contribution in [-0.2, 0) is 11.2 Å². The van der Waals surface area contributed by atoms with Gasteiger partial charge in [-0.25, -0.2) is 0 Å². The summed E-state index contributed by atoms with van der Waals surface area (Å²) in [5.41, 5.74) is 1.71. The van der Waals surface area contributed by atoms with Gasteiger partial charge in [-0.15, -0.1) is 0 Å². The summed E-state index contributed by atoms with van der Waals surface area (Å²) in [6.45, 7) is 9.56. The number of carboxylic acid groups (broad SMARTS) is 1. The molecule has 4 rings (SSSR count). The zero-order valence-corrected chi connectivity index (χ0v) is 19.3. The molecule has 2 aromatic rings. The zero-order valence-electron chi connectivity index (χ0n) is 19.3. The number of carboxylic acids is 1. The van der Waals surface area contributed by atoms with E-state index in [1.54, 1.807) is 0 Å². The molecule has 2 aliphatic rings. The minimum atomic E-state index is -0.659. The van der Waals surface area contributed by atoms with Crippen LogP contribution in [0.25, 0.3) is 10.8 Å². The summed E-state index contributed by atoms with van der Waals surface area (Å²) in [6, 6.07) is 13.1. The van der Waals surface area contributed by atoms with Gasteiger partial charge >= 0.3 is 5.97 Å². The molecule has 168 valence electrons. The van der Waals surface area contributed by atoms with E-state index in [1.165, 1.54) is 29.2 Å². The van der Waals surface area contributed by atoms with E-state index in [9.17, 15) is 4.79 Å². The first-order chi connectivity index (χ1) is 14.8. The number of rotatable bonds is 6. The Morgan fingerprint density at radius 2 is 1.74 bits per heavy atom. The average molecular weight is 424 g/mol. The molecule has 1 N–H and O–H groups in total. The van der Waals surface area contributed by atoms with Crippen LogP contribution in [0, 0.1) is 17.3 Å². The van der Waals surface area contributed by atoms with Gasteiger partial charge in [0.15, 0.2) is 0 Å². The van der Waals surface area contributed by atoms with E-state index in [2.05, 4.69) is 62.1 Å². The summed E-state index contributed by atoms with van der Waals surface area (Å²) in [4.78, 5) is 13.4. The summed E-state index contributed by atoms with van der Waals surface area (Å²) >= 11 is 0. The maximum atomic E-state index is 11.1. The van der Waals surface area contributed by atoms with Crippen LogP contribution in [0.4, 0.5) is 0 Å². The van der Waals surface area contributed by atoms with Crippen molar-refractivity contribution in [2.45, 2.75) is 65.4 Å². The van der Waals surface area contributed by atoms with Gasteiger partial charge in [-0.1, -0.05) is 45.0 Å². The van der Waals surface area contributed by atoms with Crippen molar-refractivity contribution in [3.05, 3.63) is 42.0 Å². The van der Waals surface area contributed by atoms with E-state index in [-0.39, 0.29) is 5.92 Å². The molecular weight excluding hydrogens is 386 g/mol. The number of nitrogens with zero attached hydrogens (tertiary/aromatic N) is 1. The van der Waals surface area contributed by atoms with Gasteiger partial charge in [-0.2, -0.15) is 0 Å². The minimum Gasteiger partial charge on any atom is -0.490 e. The smallest absolute Gasteiger partial charge is 0.307 e. The number of hydrogen-bond donors (Lipinski definition) is 1. The quantitative estimate of drug-likeness (QED) is 0.640. The molecule has 0 amide bonds. The normalized spacial score (nSPS) is 25.1. The van der Waals surface area contributed by atoms with Crippen LogP contribution < -0.4 is 4.74 Å². The van der Waals surface area contributed by atoms with Gasteiger partial charge in [0, 0.05) is 13.1 Å². The van der Waals surface area contributed by atoms with Crippen molar-refractivity contribution < 1.29 is 14.6 Å². The fourth-order valence-corrected chi connectivity index (χ4v) is 5.27. The third-order valence-electron chi connectivity index (χ3n) is 7.42. The lowest BCUT2D eigenvalue weighted by atomic mass is 9.72. The molecule has 31 heavy (non-hydrogen) atoms. The first-order valence-electron chi connectivity index (χ1n) is 11.9. The summed E-state index contributed by atoms with van der Waals surface area (Å²) in [5.74, 6) is 0.932. The molecule has 0 radical (unpaired) electrons. The fourth-order valence-electron chi connectivity index (χ4n) is 5.27. The Morgan fingerprint density at radius 3 is 2.42 bits per heavy atom. The van der Waals surface area contributed by atoms with Gasteiger partial charge in [0.1, 0.15) is 5.75 Å². The number of aliphatic carboxylic acids is 1. The maximum absolute atomic E-state index is 11.1. The lowest BCUT2D eigenvalue weighted by Crippen LogP contribution is -2.30. The van der Waals surface area contributed by atoms with Crippen LogP contribution in [0.3, 0.4) is 0 Å². The first kappa shape index (κ1) is 22.1. The van der Waals surface area contributed by atoms with Gasteiger partial charge < -0.3 is 14.7 Å². The van der Waals surface area contributed by atoms with Gasteiger partial charge in [-0.05, 0) is 84.9 Å². The van der Waals surface area contributed by atoms with Crippen LogP contribution in [-0.4, -0.2) is 41.7 Å². The van der Waals surface area contributed by atoms with E-state index < -0.39 is 5.97 Å². The van der Waals surface area contributed by atoms with Gasteiger partial charge in [0.2, 0.25) is 0 Å². The number of carbonyl (C=O) groups is 1. The first-order valence-corrected chi connectivity index (χ1v) is 11.9. The zero-order chi connectivity index (χ0) is 22.0. The predicted octanol–water partition coefficient (Wildman–Crippen LogP) is 5.77. The third-order valence-corrected chi connectivity index (χ3v) is 7.42. The van der Waals surface area contributed by atoms with Crippen molar-refractivity contribution >= 4 is 16.7 Å². The van der Waals surface area contributed by atoms with Crippen molar-refractivity contribution in [3.63, 3.8) is 0 Å². The number of fused-ring (bicyclic) bond motifs is 1. The molecule has 1 saturated carbocycles. The second-order valence-corrected chi connectivity index (χ2v) is 10.7. The number of ether oxygens (including phenoxy) is 1. The number of hydrogen-bond acceptors (Lipinski definition) is 3. The molecule has 0 unspecified atom stereocenters. The van der Waals surface area contributed by atoms with Gasteiger partial charge in [0.05, 0.1) is 12.0 Å². The lowest BCUT2D eigenvalue weighted by molar-refractivity contribution is -0.141. The molecule has 0 aromatic heterocycles. The standard InChI is InChI=1S/C27H37NO3/c1-27(2,3)23-7-10-24(11-8-23)31-25-9-6-20-16-19(4-5-21(20)17-25)12-14-28-15-13-22(18-28)26(29)30/h4-6,9,16-17,22-24H,7-8,10-15,18H2,1-3H3,(H,29,30)/t22-,23-,24-/m1/s1. The summed E-state index contributed by atoms with van der Waals surface area (Å²) < 4.78 is 6.34. The Bertz CT molecular complexity index is 908. The molecule has 1 heterocycles. The van der Waals surface area contributed by atoms with E-state index in [1.807, 2.05) is 0 Å². The molecule has 1 saturated heterocycles. The summed E-state index contributed by atoms with van der Waals surface area (Å²) in [5, 5.41) is 11.6. The lowest BCUT2D eigenvalue weighted by Gasteiger charge is -2.37. The largest absolute Gasteiger partial charge is 0.490 e. The topological polar surface area (TPSA) is 49.8 Å². The molecule has 1 aliphatic heterocycles. The molecule has 4 heteroatoms. The van der Waals surface area contributed by atoms with Crippen molar-refractivity contribution in [3.8, 4) is 5.75 Å². The highest BCUT2D eigenvalue weighted by molar-refractivity contribution is 5.84. The average Bonchev–Trinajstić information content (AvgIpc) is 3.21. The highest BCUT2D eigenvalue weighted by Gasteiger charge is 2.30. The Labute approximate surface area is 186 Å². The Kier molecular flexibility index (Phi) is 6.57. The van der Waals surface area contributed by atoms with Crippen LogP contribution in [0.1, 0.15) is 58.4 Å². The molecule has 0 bridgehead atoms. The van der Waals surface area contributed by atoms with Crippen LogP contribution in [0.2, 0.25) is 0 Å². The molecule has 4 nitrogen and oxygen atoms in total. The van der Waals surface area contributed by atoms with Crippen molar-refractivity contribution in [2.24, 2.45) is 17.3 Å². The SMILES string of the molecule is CC(C)(C)[C@H]1CC[C@H](Oc2ccc3cc(CCN4CC[C@@H](C(=O)O)C4)ccc3c2)CC1. The van der Waals surface area contributed by atoms with Crippen molar-refractivity contribution in [2.75, 3.05) is 19.6 Å². The number of likely N-dealkylation sites (tertiary alicyclic amines) is 1. The second kappa shape index (κ2) is 9.20. The van der Waals surface area contributed by atoms with E-state index in [0.29, 0.717) is 18.1 Å². The van der Waals surface area contributed by atoms with E-state index >= 15 is 0 Å². The third kappa shape index (κ3) is 5.60. The van der Waals surface area contributed by atoms with E-state index in [4.69, 9.17) is 9.84 Å². The monoisotopic (exact) mass is 423 g/mol. The van der Waals surface area contributed by atoms with Gasteiger partial charge in [-0.3, -0.25) is 4.79 Å². The number of benzene rings is 2. The maximum Gasteiger partial charge on any atom is 0.307 e. The summed E-state index contributed by atoms with van der Waals surface area (Å²) in [6.07, 6.45) is 6.89. The minimum absolute atomic E-state index is 0.196. The second-order valence-electron chi connectivity index (χ2n) is 10.7. The van der Waals surface area contributed by atoms with Crippen molar-refractivity contribution in [1.82, 2.24) is 4.90 Å². The molecule has 1 atom stereocenters. The fraction of sp³-hybridized carbons (Fsp3) is 0.593. The molecular formula is C27H37NO3. The Balaban J connectivity index is 1.32. The van der Waals surface area contributed by atoms with Crippen LogP contribution >= 0.6 is 0 Å². The highest BCUT2D eigenvalue weighted by atomic mass is 16.5. The Morgan fingerprint density at radius 1 is 1.03 bits per heavy atom. The summed E-state index contributed by atoms with van der Waals surface area (Å²) in [7, 11) is 0. The van der Waals surface area contributed by atoms with Gasteiger partial charge in [0.25, 0.3) is 0 Å². The van der Waals surface area contributed by atoms with Crippen LogP contribution in [0.5, 0.6) is 5.75 Å². The molecule has 2 fully saturated rings.